The van der Waals surface area contributed by atoms with Crippen LogP contribution in [-0.4, -0.2) is 40.5 Å². The first-order valence-electron chi connectivity index (χ1n) is 10.3. The maximum absolute atomic E-state index is 12.3. The number of aromatic nitrogens is 2. The molecule has 2 aromatic carbocycles. The molecule has 3 N–H and O–H groups in total. The van der Waals surface area contributed by atoms with Crippen LogP contribution in [0.2, 0.25) is 0 Å². The van der Waals surface area contributed by atoms with E-state index in [0.29, 0.717) is 31.2 Å². The minimum Gasteiger partial charge on any atom is -0.435 e. The highest BCUT2D eigenvalue weighted by Gasteiger charge is 2.11. The van der Waals surface area contributed by atoms with Crippen molar-refractivity contribution in [3.63, 3.8) is 0 Å². The molecule has 0 aliphatic heterocycles. The Balaban J connectivity index is 1.60. The van der Waals surface area contributed by atoms with Crippen LogP contribution in [0.5, 0.6) is 5.75 Å². The Bertz CT molecular complexity index is 978. The lowest BCUT2D eigenvalue weighted by atomic mass is 10.1. The molecule has 32 heavy (non-hydrogen) atoms. The molecule has 170 valence electrons. The van der Waals surface area contributed by atoms with Crippen molar-refractivity contribution < 1.29 is 18.6 Å². The first-order chi connectivity index (χ1) is 15.5. The van der Waals surface area contributed by atoms with Crippen LogP contribution in [0.25, 0.3) is 0 Å². The zero-order chi connectivity index (χ0) is 22.8. The van der Waals surface area contributed by atoms with Crippen molar-refractivity contribution in [2.24, 2.45) is 4.99 Å². The number of aliphatic hydroxyl groups is 1. The molecular formula is C23H27F2N5O2. The van der Waals surface area contributed by atoms with Crippen LogP contribution in [0, 0.1) is 0 Å². The minimum absolute atomic E-state index is 0.0487. The Morgan fingerprint density at radius 1 is 1.09 bits per heavy atom. The normalized spacial score (nSPS) is 12.6. The van der Waals surface area contributed by atoms with Crippen molar-refractivity contribution >= 4 is 5.96 Å². The lowest BCUT2D eigenvalue weighted by molar-refractivity contribution is -0.0498. The summed E-state index contributed by atoms with van der Waals surface area (Å²) in [6.07, 6.45) is 2.82. The maximum Gasteiger partial charge on any atom is 0.387 e. The third-order valence-electron chi connectivity index (χ3n) is 4.71. The Morgan fingerprint density at radius 3 is 2.50 bits per heavy atom. The third kappa shape index (κ3) is 7.05. The van der Waals surface area contributed by atoms with Gasteiger partial charge in [-0.15, -0.1) is 0 Å². The molecule has 0 saturated carbocycles. The number of halogens is 2. The molecule has 3 aromatic rings. The monoisotopic (exact) mass is 443 g/mol. The summed E-state index contributed by atoms with van der Waals surface area (Å²) >= 11 is 0. The number of benzene rings is 2. The average molecular weight is 443 g/mol. The van der Waals surface area contributed by atoms with E-state index < -0.39 is 12.7 Å². The maximum atomic E-state index is 12.3. The summed E-state index contributed by atoms with van der Waals surface area (Å²) in [5, 5.41) is 21.0. The highest BCUT2D eigenvalue weighted by Crippen LogP contribution is 2.19. The van der Waals surface area contributed by atoms with Crippen LogP contribution in [0.4, 0.5) is 8.78 Å². The molecule has 1 atom stereocenters. The standard InChI is InChI=1S/C23H27F2N5O2/c1-2-26-23(28-15-21(31)17-8-10-20(11-9-17)32-22(24)25)27-14-18-6-3-4-7-19(18)16-30-13-5-12-29-30/h3-13,21-22,31H,2,14-16H2,1H3,(H2,26,27,28). The fourth-order valence-electron chi connectivity index (χ4n) is 3.12. The smallest absolute Gasteiger partial charge is 0.387 e. The van der Waals surface area contributed by atoms with E-state index in [1.165, 1.54) is 12.1 Å². The molecule has 9 heteroatoms. The van der Waals surface area contributed by atoms with Gasteiger partial charge in [0.2, 0.25) is 0 Å². The first kappa shape index (κ1) is 23.2. The van der Waals surface area contributed by atoms with Crippen molar-refractivity contribution in [1.29, 1.82) is 0 Å². The third-order valence-corrected chi connectivity index (χ3v) is 4.71. The van der Waals surface area contributed by atoms with Crippen LogP contribution in [0.1, 0.15) is 29.7 Å². The molecule has 0 bridgehead atoms. The van der Waals surface area contributed by atoms with E-state index in [4.69, 9.17) is 0 Å². The molecule has 0 fully saturated rings. The minimum atomic E-state index is -2.88. The van der Waals surface area contributed by atoms with Crippen molar-refractivity contribution in [3.8, 4) is 5.75 Å². The van der Waals surface area contributed by atoms with Gasteiger partial charge in [0.15, 0.2) is 5.96 Å². The second-order valence-electron chi connectivity index (χ2n) is 7.01. The predicted molar refractivity (Wildman–Crippen MR) is 119 cm³/mol. The van der Waals surface area contributed by atoms with Gasteiger partial charge in [-0.05, 0) is 41.8 Å². The second-order valence-corrected chi connectivity index (χ2v) is 7.01. The predicted octanol–water partition coefficient (Wildman–Crippen LogP) is 3.32. The van der Waals surface area contributed by atoms with E-state index in [0.717, 1.165) is 11.1 Å². The number of ether oxygens (including phenoxy) is 1. The number of guanidine groups is 1. The van der Waals surface area contributed by atoms with E-state index in [9.17, 15) is 13.9 Å². The quantitative estimate of drug-likeness (QED) is 0.331. The van der Waals surface area contributed by atoms with Gasteiger partial charge in [0.25, 0.3) is 0 Å². The van der Waals surface area contributed by atoms with Gasteiger partial charge in [-0.3, -0.25) is 4.68 Å². The summed E-state index contributed by atoms with van der Waals surface area (Å²) in [6.45, 7) is 1.07. The number of rotatable bonds is 10. The summed E-state index contributed by atoms with van der Waals surface area (Å²) in [5.74, 6) is 0.616. The number of aliphatic hydroxyl groups excluding tert-OH is 1. The molecule has 0 spiro atoms. The molecule has 1 heterocycles. The Labute approximate surface area is 185 Å². The fourth-order valence-corrected chi connectivity index (χ4v) is 3.12. The molecule has 0 saturated heterocycles. The van der Waals surface area contributed by atoms with Gasteiger partial charge >= 0.3 is 6.61 Å². The topological polar surface area (TPSA) is 83.7 Å². The highest BCUT2D eigenvalue weighted by atomic mass is 19.3. The van der Waals surface area contributed by atoms with E-state index >= 15 is 0 Å². The van der Waals surface area contributed by atoms with Gasteiger partial charge in [0.05, 0.1) is 19.2 Å². The molecule has 0 amide bonds. The molecule has 0 aliphatic carbocycles. The second kappa shape index (κ2) is 11.8. The van der Waals surface area contributed by atoms with Crippen molar-refractivity contribution in [1.82, 2.24) is 20.4 Å². The zero-order valence-corrected chi connectivity index (χ0v) is 17.8. The van der Waals surface area contributed by atoms with Gasteiger partial charge in [0, 0.05) is 25.5 Å². The molecule has 3 rings (SSSR count). The van der Waals surface area contributed by atoms with Crippen LogP contribution >= 0.6 is 0 Å². The van der Waals surface area contributed by atoms with Crippen molar-refractivity contribution in [3.05, 3.63) is 83.7 Å². The zero-order valence-electron chi connectivity index (χ0n) is 17.8. The molecule has 7 nitrogen and oxygen atoms in total. The Morgan fingerprint density at radius 2 is 1.84 bits per heavy atom. The molecule has 0 radical (unpaired) electrons. The van der Waals surface area contributed by atoms with Crippen LogP contribution < -0.4 is 15.4 Å². The van der Waals surface area contributed by atoms with Gasteiger partial charge in [0.1, 0.15) is 5.75 Å². The summed E-state index contributed by atoms with van der Waals surface area (Å²) in [7, 11) is 0. The van der Waals surface area contributed by atoms with Gasteiger partial charge in [-0.1, -0.05) is 36.4 Å². The first-order valence-corrected chi connectivity index (χ1v) is 10.3. The van der Waals surface area contributed by atoms with E-state index in [1.807, 2.05) is 42.1 Å². The summed E-state index contributed by atoms with van der Waals surface area (Å²) in [4.78, 5) is 4.64. The largest absolute Gasteiger partial charge is 0.435 e. The molecule has 1 aromatic heterocycles. The van der Waals surface area contributed by atoms with Gasteiger partial charge in [-0.2, -0.15) is 13.9 Å². The number of aliphatic imine (C=N–C) groups is 1. The van der Waals surface area contributed by atoms with Gasteiger partial charge < -0.3 is 20.5 Å². The summed E-state index contributed by atoms with van der Waals surface area (Å²) < 4.78 is 30.7. The number of alkyl halides is 2. The Kier molecular flexibility index (Phi) is 8.56. The number of hydrogen-bond acceptors (Lipinski definition) is 4. The van der Waals surface area contributed by atoms with Crippen molar-refractivity contribution in [2.45, 2.75) is 32.7 Å². The van der Waals surface area contributed by atoms with E-state index in [-0.39, 0.29) is 12.3 Å². The molecular weight excluding hydrogens is 416 g/mol. The Hall–Kier alpha value is -3.46. The van der Waals surface area contributed by atoms with Crippen molar-refractivity contribution in [2.75, 3.05) is 13.1 Å². The summed E-state index contributed by atoms with van der Waals surface area (Å²) in [6, 6.07) is 15.9. The lowest BCUT2D eigenvalue weighted by Crippen LogP contribution is -2.39. The number of nitrogens with one attached hydrogen (secondary N) is 2. The van der Waals surface area contributed by atoms with Gasteiger partial charge in [-0.25, -0.2) is 4.99 Å². The number of nitrogens with zero attached hydrogens (tertiary/aromatic N) is 3. The van der Waals surface area contributed by atoms with Crippen LogP contribution in [-0.2, 0) is 13.1 Å². The highest BCUT2D eigenvalue weighted by molar-refractivity contribution is 5.79. The molecule has 1 unspecified atom stereocenters. The summed E-state index contributed by atoms with van der Waals surface area (Å²) in [5.41, 5.74) is 2.79. The molecule has 0 aliphatic rings. The average Bonchev–Trinajstić information content (AvgIpc) is 3.29. The van der Waals surface area contributed by atoms with Crippen LogP contribution in [0.3, 0.4) is 0 Å². The van der Waals surface area contributed by atoms with E-state index in [2.05, 4.69) is 31.5 Å². The fraction of sp³-hybridized carbons (Fsp3) is 0.304. The number of hydrogen-bond donors (Lipinski definition) is 3. The van der Waals surface area contributed by atoms with E-state index in [1.54, 1.807) is 18.3 Å². The SMILES string of the molecule is CCNC(=NCc1ccccc1Cn1cccn1)NCC(O)c1ccc(OC(F)F)cc1. The van der Waals surface area contributed by atoms with Crippen LogP contribution in [0.15, 0.2) is 72.0 Å². The lowest BCUT2D eigenvalue weighted by Gasteiger charge is -2.16.